The summed E-state index contributed by atoms with van der Waals surface area (Å²) in [5.41, 5.74) is 2.07. The topological polar surface area (TPSA) is 91.0 Å². The molecule has 0 N–H and O–H groups in total. The quantitative estimate of drug-likeness (QED) is 0.125. The maximum atomic E-state index is 12.2. The van der Waals surface area contributed by atoms with E-state index < -0.39 is 10.9 Å². The first-order valence-corrected chi connectivity index (χ1v) is 10.8. The van der Waals surface area contributed by atoms with Crippen LogP contribution in [0.2, 0.25) is 5.02 Å². The van der Waals surface area contributed by atoms with E-state index in [1.54, 1.807) is 30.3 Å². The van der Waals surface area contributed by atoms with E-state index in [1.165, 1.54) is 18.2 Å². The van der Waals surface area contributed by atoms with Crippen molar-refractivity contribution in [3.8, 4) is 5.75 Å². The molecule has 0 fully saturated rings. The molecule has 160 valence electrons. The molecule has 0 aromatic heterocycles. The minimum absolute atomic E-state index is 0.00133. The monoisotopic (exact) mass is 560 g/mol. The zero-order chi connectivity index (χ0) is 22.7. The normalized spacial score (nSPS) is 14.2. The Morgan fingerprint density at radius 3 is 2.56 bits per heavy atom. The molecule has 0 unspecified atom stereocenters. The Labute approximate surface area is 201 Å². The van der Waals surface area contributed by atoms with Gasteiger partial charge in [-0.2, -0.15) is 0 Å². The summed E-state index contributed by atoms with van der Waals surface area (Å²) in [5, 5.41) is 10.9. The molecule has 0 spiro atoms. The molecule has 4 rings (SSSR count). The van der Waals surface area contributed by atoms with Crippen molar-refractivity contribution in [3.05, 3.63) is 108 Å². The molecule has 0 aliphatic carbocycles. The van der Waals surface area contributed by atoms with Crippen LogP contribution < -0.4 is 4.74 Å². The zero-order valence-electron chi connectivity index (χ0n) is 16.3. The molecular formula is C23H14ClIN2O5. The fourth-order valence-electron chi connectivity index (χ4n) is 2.91. The molecule has 7 nitrogen and oxygen atoms in total. The van der Waals surface area contributed by atoms with Crippen LogP contribution in [0.15, 0.2) is 77.4 Å². The molecule has 0 bridgehead atoms. The number of esters is 1. The molecule has 0 radical (unpaired) electrons. The minimum atomic E-state index is -0.631. The molecule has 9 heteroatoms. The molecule has 0 atom stereocenters. The number of rotatable bonds is 6. The number of cyclic esters (lactones) is 1. The number of benzene rings is 3. The summed E-state index contributed by atoms with van der Waals surface area (Å²) < 4.78 is 12.2. The number of hydrogen-bond acceptors (Lipinski definition) is 6. The number of carbonyl (C=O) groups excluding carboxylic acids is 1. The van der Waals surface area contributed by atoms with E-state index in [2.05, 4.69) is 27.6 Å². The van der Waals surface area contributed by atoms with Gasteiger partial charge in [0.2, 0.25) is 5.90 Å². The second kappa shape index (κ2) is 9.49. The van der Waals surface area contributed by atoms with E-state index in [0.29, 0.717) is 17.9 Å². The second-order valence-electron chi connectivity index (χ2n) is 6.71. The predicted octanol–water partition coefficient (Wildman–Crippen LogP) is 5.78. The van der Waals surface area contributed by atoms with Crippen molar-refractivity contribution in [2.45, 2.75) is 6.61 Å². The maximum Gasteiger partial charge on any atom is 0.363 e. The molecule has 32 heavy (non-hydrogen) atoms. The summed E-state index contributed by atoms with van der Waals surface area (Å²) in [6, 6.07) is 19.1. The van der Waals surface area contributed by atoms with E-state index in [1.807, 2.05) is 24.3 Å². The lowest BCUT2D eigenvalue weighted by atomic mass is 10.2. The van der Waals surface area contributed by atoms with E-state index in [-0.39, 0.29) is 22.3 Å². The van der Waals surface area contributed by atoms with Crippen LogP contribution in [-0.4, -0.2) is 16.8 Å². The third-order valence-electron chi connectivity index (χ3n) is 4.55. The Morgan fingerprint density at radius 1 is 1.12 bits per heavy atom. The highest BCUT2D eigenvalue weighted by Crippen LogP contribution is 2.27. The van der Waals surface area contributed by atoms with Gasteiger partial charge in [-0.05, 0) is 58.5 Å². The number of hydrogen-bond donors (Lipinski definition) is 0. The van der Waals surface area contributed by atoms with Gasteiger partial charge in [0.1, 0.15) is 12.4 Å². The molecule has 1 heterocycles. The third-order valence-corrected chi connectivity index (χ3v) is 5.92. The van der Waals surface area contributed by atoms with Crippen LogP contribution in [0.4, 0.5) is 5.69 Å². The molecule has 0 amide bonds. The van der Waals surface area contributed by atoms with Crippen LogP contribution in [0.5, 0.6) is 5.75 Å². The van der Waals surface area contributed by atoms with E-state index in [0.717, 1.165) is 14.7 Å². The molecule has 1 aliphatic rings. The van der Waals surface area contributed by atoms with Crippen molar-refractivity contribution in [2.24, 2.45) is 4.99 Å². The number of aliphatic imine (C=N–C) groups is 1. The summed E-state index contributed by atoms with van der Waals surface area (Å²) in [7, 11) is 0. The van der Waals surface area contributed by atoms with Gasteiger partial charge in [-0.25, -0.2) is 9.79 Å². The van der Waals surface area contributed by atoms with Gasteiger partial charge >= 0.3 is 5.97 Å². The van der Waals surface area contributed by atoms with Crippen LogP contribution in [0, 0.1) is 13.7 Å². The number of nitro benzene ring substituents is 1. The lowest BCUT2D eigenvalue weighted by Gasteiger charge is -2.08. The Kier molecular flexibility index (Phi) is 6.52. The molecule has 0 saturated heterocycles. The zero-order valence-corrected chi connectivity index (χ0v) is 19.2. The molecule has 3 aromatic carbocycles. The number of nitrogens with zero attached hydrogens (tertiary/aromatic N) is 2. The fraction of sp³-hybridized carbons (Fsp3) is 0.0435. The Hall–Kier alpha value is -3.24. The maximum absolute atomic E-state index is 12.2. The molecule has 1 aliphatic heterocycles. The van der Waals surface area contributed by atoms with Crippen molar-refractivity contribution in [1.82, 2.24) is 0 Å². The number of carbonyl (C=O) groups is 1. The first-order valence-electron chi connectivity index (χ1n) is 9.34. The fourth-order valence-corrected chi connectivity index (χ4v) is 3.71. The van der Waals surface area contributed by atoms with Crippen molar-refractivity contribution in [1.29, 1.82) is 0 Å². The first kappa shape index (κ1) is 22.0. The average Bonchev–Trinajstić information content (AvgIpc) is 3.14. The largest absolute Gasteiger partial charge is 0.489 e. The van der Waals surface area contributed by atoms with Crippen LogP contribution in [-0.2, 0) is 16.1 Å². The lowest BCUT2D eigenvalue weighted by Crippen LogP contribution is -2.06. The molecular weight excluding hydrogens is 547 g/mol. The van der Waals surface area contributed by atoms with Gasteiger partial charge in [0.15, 0.2) is 5.70 Å². The van der Waals surface area contributed by atoms with Crippen molar-refractivity contribution >= 4 is 57.8 Å². The van der Waals surface area contributed by atoms with Gasteiger partial charge in [-0.15, -0.1) is 0 Å². The number of halogens is 2. The second-order valence-corrected chi connectivity index (χ2v) is 8.28. The number of non-ortho nitro benzene ring substituents is 1. The van der Waals surface area contributed by atoms with Crippen molar-refractivity contribution in [3.63, 3.8) is 0 Å². The predicted molar refractivity (Wildman–Crippen MR) is 129 cm³/mol. The highest BCUT2D eigenvalue weighted by atomic mass is 127. The lowest BCUT2D eigenvalue weighted by molar-refractivity contribution is -0.384. The van der Waals surface area contributed by atoms with Crippen LogP contribution in [0.3, 0.4) is 0 Å². The van der Waals surface area contributed by atoms with Gasteiger partial charge in [-0.3, -0.25) is 10.1 Å². The van der Waals surface area contributed by atoms with Gasteiger partial charge in [-0.1, -0.05) is 41.9 Å². The van der Waals surface area contributed by atoms with Gasteiger partial charge in [0, 0.05) is 21.3 Å². The van der Waals surface area contributed by atoms with Crippen LogP contribution in [0.1, 0.15) is 16.7 Å². The molecule has 0 saturated carbocycles. The van der Waals surface area contributed by atoms with Gasteiger partial charge in [0.05, 0.1) is 15.5 Å². The highest BCUT2D eigenvalue weighted by molar-refractivity contribution is 14.1. The highest BCUT2D eigenvalue weighted by Gasteiger charge is 2.26. The SMILES string of the molecule is O=C1OC(c2ccc([N+](=O)[O-])cc2Cl)=N/C1=C\c1ccc(OCc2ccccc2I)cc1. The Balaban J connectivity index is 1.49. The summed E-state index contributed by atoms with van der Waals surface area (Å²) in [4.78, 5) is 26.7. The summed E-state index contributed by atoms with van der Waals surface area (Å²) in [6.07, 6.45) is 1.58. The summed E-state index contributed by atoms with van der Waals surface area (Å²) in [5.74, 6) is 0.0645. The van der Waals surface area contributed by atoms with Crippen molar-refractivity contribution in [2.75, 3.05) is 0 Å². The van der Waals surface area contributed by atoms with Gasteiger partial charge < -0.3 is 9.47 Å². The number of nitro groups is 1. The van der Waals surface area contributed by atoms with E-state index in [4.69, 9.17) is 21.1 Å². The molecule has 3 aromatic rings. The van der Waals surface area contributed by atoms with Crippen LogP contribution in [0.25, 0.3) is 6.08 Å². The van der Waals surface area contributed by atoms with E-state index >= 15 is 0 Å². The number of ether oxygens (including phenoxy) is 2. The van der Waals surface area contributed by atoms with Crippen LogP contribution >= 0.6 is 34.2 Å². The van der Waals surface area contributed by atoms with Gasteiger partial charge in [0.25, 0.3) is 5.69 Å². The smallest absolute Gasteiger partial charge is 0.363 e. The average molecular weight is 561 g/mol. The summed E-state index contributed by atoms with van der Waals surface area (Å²) >= 11 is 8.37. The first-order chi connectivity index (χ1) is 15.4. The summed E-state index contributed by atoms with van der Waals surface area (Å²) in [6.45, 7) is 0.454. The Bertz CT molecular complexity index is 1270. The third kappa shape index (κ3) is 4.97. The minimum Gasteiger partial charge on any atom is -0.489 e. The van der Waals surface area contributed by atoms with Crippen molar-refractivity contribution < 1.29 is 19.2 Å². The Morgan fingerprint density at radius 2 is 1.88 bits per heavy atom. The standard InChI is InChI=1S/C23H14ClIN2O5/c24-19-12-16(27(29)30)7-10-18(19)22-26-21(23(28)32-22)11-14-5-8-17(9-6-14)31-13-15-3-1-2-4-20(15)25/h1-12H,13H2/b21-11-. The van der Waals surface area contributed by atoms with E-state index in [9.17, 15) is 14.9 Å².